The minimum atomic E-state index is -3.03. The van der Waals surface area contributed by atoms with Crippen molar-refractivity contribution in [2.75, 3.05) is 50.7 Å². The summed E-state index contributed by atoms with van der Waals surface area (Å²) >= 11 is 0. The predicted molar refractivity (Wildman–Crippen MR) is 152 cm³/mol. The van der Waals surface area contributed by atoms with Gasteiger partial charge >= 0.3 is 6.09 Å². The van der Waals surface area contributed by atoms with Crippen LogP contribution < -0.4 is 4.90 Å². The minimum Gasteiger partial charge on any atom is -0.444 e. The van der Waals surface area contributed by atoms with Gasteiger partial charge in [0.25, 0.3) is 5.92 Å². The Labute approximate surface area is 242 Å². The molecule has 8 nitrogen and oxygen atoms in total. The second-order valence-corrected chi connectivity index (χ2v) is 13.6. The molecule has 1 aromatic heterocycles. The van der Waals surface area contributed by atoms with E-state index in [0.717, 1.165) is 0 Å². The van der Waals surface area contributed by atoms with Crippen LogP contribution in [0.4, 0.5) is 23.7 Å². The fraction of sp³-hybridized carbons (Fsp3) is 0.767. The summed E-state index contributed by atoms with van der Waals surface area (Å²) in [5, 5.41) is 0. The molecule has 230 valence electrons. The number of fused-ring (bicyclic) bond motifs is 1. The molecule has 1 unspecified atom stereocenters. The van der Waals surface area contributed by atoms with Crippen LogP contribution >= 0.6 is 0 Å². The second-order valence-electron chi connectivity index (χ2n) is 13.6. The number of piperazine rings is 1. The summed E-state index contributed by atoms with van der Waals surface area (Å²) in [7, 11) is 0. The summed E-state index contributed by atoms with van der Waals surface area (Å²) in [5.74, 6) is -3.23. The number of alkyl halides is 3. The summed E-state index contributed by atoms with van der Waals surface area (Å²) in [6.07, 6.45) is 0.454. The van der Waals surface area contributed by atoms with Gasteiger partial charge in [0.1, 0.15) is 11.8 Å². The van der Waals surface area contributed by atoms with Gasteiger partial charge in [-0.2, -0.15) is 0 Å². The molecule has 3 aliphatic rings. The summed E-state index contributed by atoms with van der Waals surface area (Å²) in [5.41, 5.74) is -0.247. The van der Waals surface area contributed by atoms with Crippen LogP contribution in [-0.4, -0.2) is 101 Å². The molecule has 0 aromatic carbocycles. The van der Waals surface area contributed by atoms with Crippen LogP contribution in [-0.2, 0) is 20.9 Å². The fourth-order valence-corrected chi connectivity index (χ4v) is 6.18. The Balaban J connectivity index is 1.56. The van der Waals surface area contributed by atoms with Crippen molar-refractivity contribution in [3.05, 3.63) is 23.5 Å². The molecule has 2 saturated heterocycles. The zero-order chi connectivity index (χ0) is 30.3. The van der Waals surface area contributed by atoms with E-state index in [0.29, 0.717) is 63.5 Å². The molecule has 0 bridgehead atoms. The van der Waals surface area contributed by atoms with Gasteiger partial charge in [-0.15, -0.1) is 0 Å². The van der Waals surface area contributed by atoms with Gasteiger partial charge in [-0.25, -0.2) is 18.0 Å². The Morgan fingerprint density at radius 1 is 1.17 bits per heavy atom. The van der Waals surface area contributed by atoms with Crippen molar-refractivity contribution in [2.45, 2.75) is 103 Å². The Morgan fingerprint density at radius 3 is 2.49 bits per heavy atom. The topological polar surface area (TPSA) is 69.2 Å². The van der Waals surface area contributed by atoms with Crippen LogP contribution in [0.15, 0.2) is 12.3 Å². The predicted octanol–water partition coefficient (Wildman–Crippen LogP) is 4.95. The molecule has 4 heterocycles. The molecule has 41 heavy (non-hydrogen) atoms. The molecule has 2 fully saturated rings. The molecule has 0 aliphatic carbocycles. The molecule has 0 saturated carbocycles. The quantitative estimate of drug-likeness (QED) is 0.454. The van der Waals surface area contributed by atoms with Gasteiger partial charge in [0.15, 0.2) is 0 Å². The van der Waals surface area contributed by atoms with Crippen molar-refractivity contribution in [3.63, 3.8) is 0 Å². The lowest BCUT2D eigenvalue weighted by atomic mass is 9.91. The number of carbonyl (C=O) groups excluding carboxylic acids is 2. The summed E-state index contributed by atoms with van der Waals surface area (Å²) in [6, 6.07) is 0.989. The van der Waals surface area contributed by atoms with Crippen molar-refractivity contribution in [2.24, 2.45) is 0 Å². The van der Waals surface area contributed by atoms with E-state index >= 15 is 0 Å². The van der Waals surface area contributed by atoms with Crippen molar-refractivity contribution < 1.29 is 27.5 Å². The molecule has 0 N–H and O–H groups in total. The highest BCUT2D eigenvalue weighted by Crippen LogP contribution is 2.43. The normalized spacial score (nSPS) is 25.5. The molecule has 3 aliphatic heterocycles. The lowest BCUT2D eigenvalue weighted by molar-refractivity contribution is -0.121. The average Bonchev–Trinajstić information content (AvgIpc) is 3.38. The molecule has 2 amide bonds. The van der Waals surface area contributed by atoms with E-state index in [4.69, 9.17) is 4.74 Å². The molecule has 3 atom stereocenters. The van der Waals surface area contributed by atoms with Crippen LogP contribution in [0.25, 0.3) is 0 Å². The SMILES string of the molecule is CCCC(F)(F)c1cnc2c(c1)N(C(=O)CN1C[C@@H](C)N(C(=O)OC(C)(C)C)C[C@@H]1CN1CCC(F)C1)CC2(C)C. The van der Waals surface area contributed by atoms with E-state index in [9.17, 15) is 22.8 Å². The van der Waals surface area contributed by atoms with Crippen molar-refractivity contribution in [3.8, 4) is 0 Å². The Hall–Kier alpha value is -2.40. The number of halogens is 3. The molecule has 0 radical (unpaired) electrons. The molecular formula is C30H46F3N5O3. The Morgan fingerprint density at radius 2 is 1.88 bits per heavy atom. The number of carbonyl (C=O) groups is 2. The van der Waals surface area contributed by atoms with Gasteiger partial charge in [0.05, 0.1) is 17.9 Å². The molecule has 1 aromatic rings. The largest absolute Gasteiger partial charge is 0.444 e. The first-order chi connectivity index (χ1) is 19.0. The maximum absolute atomic E-state index is 14.8. The van der Waals surface area contributed by atoms with E-state index < -0.39 is 29.2 Å². The summed E-state index contributed by atoms with van der Waals surface area (Å²) < 4.78 is 49.3. The van der Waals surface area contributed by atoms with Gasteiger partial charge < -0.3 is 14.5 Å². The average molecular weight is 582 g/mol. The van der Waals surface area contributed by atoms with Crippen LogP contribution in [0.1, 0.15) is 79.0 Å². The number of hydrogen-bond acceptors (Lipinski definition) is 6. The lowest BCUT2D eigenvalue weighted by Crippen LogP contribution is -2.63. The highest BCUT2D eigenvalue weighted by atomic mass is 19.3. The van der Waals surface area contributed by atoms with Crippen LogP contribution in [0, 0.1) is 0 Å². The smallest absolute Gasteiger partial charge is 0.410 e. The standard InChI is InChI=1S/C30H46F3N5O3/c1-8-10-30(32,33)21-12-24-26(34-13-21)29(6,7)19-38(24)25(39)18-36-14-20(2)37(27(40)41-28(3,4)5)17-23(36)16-35-11-9-22(31)15-35/h12-13,20,22-23H,8-11,14-19H2,1-7H3/t20-,22?,23+/m1/s1. The number of rotatable bonds is 7. The molecular weight excluding hydrogens is 535 g/mol. The van der Waals surface area contributed by atoms with Crippen molar-refractivity contribution in [1.82, 2.24) is 19.7 Å². The highest BCUT2D eigenvalue weighted by Gasteiger charge is 2.44. The van der Waals surface area contributed by atoms with Crippen molar-refractivity contribution in [1.29, 1.82) is 0 Å². The number of pyridine rings is 1. The van der Waals surface area contributed by atoms with Crippen LogP contribution in [0.5, 0.6) is 0 Å². The van der Waals surface area contributed by atoms with Gasteiger partial charge in [-0.3, -0.25) is 19.6 Å². The molecule has 11 heteroatoms. The van der Waals surface area contributed by atoms with Crippen molar-refractivity contribution >= 4 is 17.7 Å². The van der Waals surface area contributed by atoms with E-state index in [2.05, 4.69) is 4.98 Å². The zero-order valence-electron chi connectivity index (χ0n) is 25.6. The van der Waals surface area contributed by atoms with E-state index in [1.807, 2.05) is 51.3 Å². The lowest BCUT2D eigenvalue weighted by Gasteiger charge is -2.46. The van der Waals surface area contributed by atoms with E-state index in [1.165, 1.54) is 12.3 Å². The van der Waals surface area contributed by atoms with E-state index in [1.54, 1.807) is 16.7 Å². The maximum atomic E-state index is 14.8. The van der Waals surface area contributed by atoms with Crippen LogP contribution in [0.3, 0.4) is 0 Å². The van der Waals surface area contributed by atoms with E-state index in [-0.39, 0.29) is 36.5 Å². The molecule has 0 spiro atoms. The minimum absolute atomic E-state index is 0.0508. The first-order valence-corrected chi connectivity index (χ1v) is 14.8. The number of likely N-dealkylation sites (tertiary alicyclic amines) is 1. The summed E-state index contributed by atoms with van der Waals surface area (Å²) in [6.45, 7) is 15.6. The third-order valence-corrected chi connectivity index (χ3v) is 8.25. The number of amides is 2. The van der Waals surface area contributed by atoms with Gasteiger partial charge in [-0.05, 0) is 40.2 Å². The zero-order valence-corrected chi connectivity index (χ0v) is 25.6. The third-order valence-electron chi connectivity index (χ3n) is 8.25. The molecule has 4 rings (SSSR count). The third kappa shape index (κ3) is 7.16. The van der Waals surface area contributed by atoms with Gasteiger partial charge in [-0.1, -0.05) is 27.2 Å². The first kappa shape index (κ1) is 31.5. The highest BCUT2D eigenvalue weighted by molar-refractivity contribution is 5.97. The Bertz CT molecular complexity index is 1130. The number of nitrogens with zero attached hydrogens (tertiary/aromatic N) is 5. The summed E-state index contributed by atoms with van der Waals surface area (Å²) in [4.78, 5) is 38.7. The Kier molecular flexibility index (Phi) is 9.00. The van der Waals surface area contributed by atoms with Gasteiger partial charge in [0.2, 0.25) is 5.91 Å². The monoisotopic (exact) mass is 581 g/mol. The number of aromatic nitrogens is 1. The first-order valence-electron chi connectivity index (χ1n) is 14.8. The number of anilines is 1. The van der Waals surface area contributed by atoms with Gasteiger partial charge in [0, 0.05) is 74.9 Å². The maximum Gasteiger partial charge on any atom is 0.410 e. The van der Waals surface area contributed by atoms with Crippen LogP contribution in [0.2, 0.25) is 0 Å². The number of hydrogen-bond donors (Lipinski definition) is 0. The fourth-order valence-electron chi connectivity index (χ4n) is 6.18. The second kappa shape index (κ2) is 11.7. The number of ether oxygens (including phenoxy) is 1.